The molecule has 4 aromatic rings. The molecule has 20 amide bonds. The number of amides is 20. The smallest absolute Gasteiger partial charge is 0.327 e. The van der Waals surface area contributed by atoms with Crippen LogP contribution in [-0.2, 0) is 126 Å². The Morgan fingerprint density at radius 1 is 0.406 bits per heavy atom. The zero-order chi connectivity index (χ0) is 105. The molecule has 4 aliphatic rings. The monoisotopic (exact) mass is 2030 g/mol. The normalized spacial score (nSPS) is 26.8. The molecule has 2 bridgehead atoms. The lowest BCUT2D eigenvalue weighted by molar-refractivity contribution is -0.144. The van der Waals surface area contributed by atoms with Gasteiger partial charge in [-0.25, -0.2) is 9.78 Å². The van der Waals surface area contributed by atoms with Gasteiger partial charge in [-0.2, -0.15) is 0 Å². The van der Waals surface area contributed by atoms with Gasteiger partial charge >= 0.3 is 5.97 Å². The number of hydrogen-bond donors (Lipinski definition) is 23. The molecule has 780 valence electrons. The zero-order valence-electron chi connectivity index (χ0n) is 81.2. The lowest BCUT2D eigenvalue weighted by Crippen LogP contribution is -2.62. The Balaban J connectivity index is 1.16. The summed E-state index contributed by atoms with van der Waals surface area (Å²) in [6, 6.07) is -3.97. The first-order valence-electron chi connectivity index (χ1n) is 47.5. The molecule has 19 atom stereocenters. The van der Waals surface area contributed by atoms with Crippen molar-refractivity contribution in [1.82, 2.24) is 115 Å². The second-order valence-electron chi connectivity index (χ2n) is 36.4. The van der Waals surface area contributed by atoms with Gasteiger partial charge in [0.25, 0.3) is 0 Å². The quantitative estimate of drug-likeness (QED) is 0.0439. The first-order chi connectivity index (χ1) is 68.0. The number of benzene rings is 3. The second-order valence-corrected chi connectivity index (χ2v) is 38.9. The van der Waals surface area contributed by atoms with Crippen LogP contribution in [0.15, 0.2) is 97.5 Å². The summed E-state index contributed by atoms with van der Waals surface area (Å²) in [4.78, 5) is 312. The molecule has 49 heteroatoms. The van der Waals surface area contributed by atoms with Gasteiger partial charge in [0.15, 0.2) is 0 Å². The number of nitrogens with one attached hydrogen (secondary N) is 19. The largest absolute Gasteiger partial charge is 0.508 e. The van der Waals surface area contributed by atoms with Gasteiger partial charge in [0.1, 0.15) is 102 Å². The van der Waals surface area contributed by atoms with E-state index in [-0.39, 0.29) is 82.3 Å². The van der Waals surface area contributed by atoms with Crippen molar-refractivity contribution in [3.8, 4) is 5.75 Å². The van der Waals surface area contributed by atoms with Gasteiger partial charge < -0.3 is 131 Å². The zero-order valence-corrected chi connectivity index (χ0v) is 82.9. The van der Waals surface area contributed by atoms with Crippen LogP contribution in [-0.4, -0.2) is 324 Å². The Morgan fingerprint density at radius 3 is 1.33 bits per heavy atom. The number of phenolic OH excluding ortho intramolecular Hbond substituents is 1. The number of hydrogen-bond acceptors (Lipinski definition) is 27. The molecule has 143 heavy (non-hydrogen) atoms. The van der Waals surface area contributed by atoms with Crippen molar-refractivity contribution in [3.63, 3.8) is 0 Å². The Bertz CT molecular complexity index is 5140. The minimum atomic E-state index is -1.86. The number of aromatic hydroxyl groups is 1. The molecule has 1 aromatic heterocycles. The van der Waals surface area contributed by atoms with Crippen LogP contribution < -0.4 is 95.7 Å². The van der Waals surface area contributed by atoms with E-state index in [9.17, 15) is 92.3 Å². The number of aromatic amines is 1. The predicted molar refractivity (Wildman–Crippen MR) is 518 cm³/mol. The Labute approximate surface area is 833 Å². The van der Waals surface area contributed by atoms with E-state index in [1.807, 2.05) is 0 Å². The summed E-state index contributed by atoms with van der Waals surface area (Å²) in [6.45, 7) is 10.7. The van der Waals surface area contributed by atoms with E-state index in [0.29, 0.717) is 16.7 Å². The highest BCUT2D eigenvalue weighted by atomic mass is 33.1. The number of carbonyl (C=O) groups is 21. The number of imidazole rings is 1. The molecule has 47 nitrogen and oxygen atoms in total. The third-order valence-corrected chi connectivity index (χ3v) is 27.1. The van der Waals surface area contributed by atoms with Crippen LogP contribution in [0.25, 0.3) is 0 Å². The fourth-order valence-corrected chi connectivity index (χ4v) is 18.3. The van der Waals surface area contributed by atoms with Gasteiger partial charge in [-0.3, -0.25) is 95.9 Å². The van der Waals surface area contributed by atoms with Crippen molar-refractivity contribution < 1.29 is 121 Å². The summed E-state index contributed by atoms with van der Waals surface area (Å²) >= 11 is 0. The number of nitrogens with zero attached hydrogens (tertiary/aromatic N) is 3. The summed E-state index contributed by atoms with van der Waals surface area (Å²) in [5, 5.41) is 88.4. The van der Waals surface area contributed by atoms with E-state index in [0.717, 1.165) is 31.4 Å². The lowest BCUT2D eigenvalue weighted by atomic mass is 9.97. The molecule has 0 spiro atoms. The number of aliphatic hydroxyl groups is 2. The third kappa shape index (κ3) is 35.1. The molecule has 4 fully saturated rings. The highest BCUT2D eigenvalue weighted by molar-refractivity contribution is 8.76. The van der Waals surface area contributed by atoms with Crippen LogP contribution in [0, 0.1) is 23.7 Å². The highest BCUT2D eigenvalue weighted by Gasteiger charge is 2.46. The van der Waals surface area contributed by atoms with Gasteiger partial charge in [-0.05, 0) is 98.4 Å². The second kappa shape index (κ2) is 56.1. The maximum Gasteiger partial charge on any atom is 0.327 e. The van der Waals surface area contributed by atoms with Crippen molar-refractivity contribution in [2.75, 3.05) is 57.4 Å². The number of aromatic nitrogens is 2. The first-order valence-corrected chi connectivity index (χ1v) is 50.0. The molecule has 4 aliphatic heterocycles. The molecule has 3 aromatic carbocycles. The summed E-state index contributed by atoms with van der Waals surface area (Å²) in [7, 11) is 1.53. The predicted octanol–water partition coefficient (Wildman–Crippen LogP) is -5.31. The van der Waals surface area contributed by atoms with Crippen LogP contribution in [0.3, 0.4) is 0 Å². The molecule has 4 saturated heterocycles. The van der Waals surface area contributed by atoms with Crippen LogP contribution in [0.5, 0.6) is 5.75 Å². The number of aliphatic carboxylic acids is 1. The number of phenols is 1. The molecule has 0 aliphatic carbocycles. The van der Waals surface area contributed by atoms with Crippen molar-refractivity contribution in [2.24, 2.45) is 23.7 Å². The first kappa shape index (κ1) is 114. The minimum absolute atomic E-state index is 0.00943. The van der Waals surface area contributed by atoms with E-state index >= 15 is 28.8 Å². The number of rotatable bonds is 17. The highest BCUT2D eigenvalue weighted by Crippen LogP contribution is 2.27. The maximum atomic E-state index is 15.3. The van der Waals surface area contributed by atoms with Gasteiger partial charge in [-0.15, -0.1) is 0 Å². The van der Waals surface area contributed by atoms with E-state index < -0.39 is 314 Å². The van der Waals surface area contributed by atoms with E-state index in [4.69, 9.17) is 0 Å². The number of fused-ring (bicyclic) bond motifs is 10. The fraction of sp³-hybridized carbons (Fsp3) is 0.553. The molecule has 5 heterocycles. The molecule has 0 saturated carbocycles. The van der Waals surface area contributed by atoms with Crippen molar-refractivity contribution in [2.45, 2.75) is 249 Å². The van der Waals surface area contributed by atoms with Gasteiger partial charge in [0.2, 0.25) is 118 Å². The topological polar surface area (TPSA) is 691 Å². The van der Waals surface area contributed by atoms with Crippen LogP contribution in [0.2, 0.25) is 0 Å². The Kier molecular flexibility index (Phi) is 44.9. The SMILES string of the molecule is CC[C@H](C)[C@@H]1NC(=O)CNC(=O)[C@H](C(C)C)NC(=O)[C@H](Cc2ccccc2)NC(=O)[C@H](Cc2ccc(O)cc2)NC(=O)[C@@H]2CCC(=O)NCC(=O)NCC(=O)N[C@@H](C)C(=O)N[C@@H](CSSC[C@@H](C(=O)O)NC(=O)[C@H](Cc3ccccc3)NC(=O)[C@H](CO)NC(=O)[C@H]([C@@H](C)CC)NC(=O)[C@@H]3CCCN3C(=O)[C@H]([C@@H](C)O)NC(=O)CNC1=O)C(=O)N[C@@H](Cc1cnc[nH]1)C(=O)N[C@@H](C(C)C)C(=O)N1CCC[C@H]1C(=O)N2. The maximum absolute atomic E-state index is 15.3. The molecule has 23 N–H and O–H groups in total. The summed E-state index contributed by atoms with van der Waals surface area (Å²) in [5.41, 5.74) is 1.46. The summed E-state index contributed by atoms with van der Waals surface area (Å²) in [6.07, 6.45) is -0.824. The van der Waals surface area contributed by atoms with Gasteiger partial charge in [-0.1, -0.05) is 163 Å². The number of carboxylic acid groups (broad SMARTS) is 1. The number of H-pyrrole nitrogens is 1. The molecule has 0 unspecified atom stereocenters. The van der Waals surface area contributed by atoms with Crippen LogP contribution in [0.4, 0.5) is 0 Å². The fourth-order valence-electron chi connectivity index (χ4n) is 16.0. The van der Waals surface area contributed by atoms with Crippen LogP contribution in [0.1, 0.15) is 143 Å². The lowest BCUT2D eigenvalue weighted by Gasteiger charge is -2.32. The molecule has 8 rings (SSSR count). The van der Waals surface area contributed by atoms with Crippen molar-refractivity contribution in [3.05, 3.63) is 120 Å². The molecular weight excluding hydrogens is 1900 g/mol. The number of carboxylic acids is 1. The number of aliphatic hydroxyl groups excluding tert-OH is 2. The average molecular weight is 2030 g/mol. The molecular formula is C94H132N22O25S2. The van der Waals surface area contributed by atoms with Gasteiger partial charge in [0.05, 0.1) is 45.2 Å². The average Bonchev–Trinajstić information content (AvgIpc) is 1.70. The minimum Gasteiger partial charge on any atom is -0.508 e. The number of carbonyl (C=O) groups excluding carboxylic acids is 20. The Hall–Kier alpha value is -13.8. The van der Waals surface area contributed by atoms with Gasteiger partial charge in [0, 0.05) is 68.6 Å². The summed E-state index contributed by atoms with van der Waals surface area (Å²) in [5.74, 6) is -25.5. The van der Waals surface area contributed by atoms with E-state index in [1.165, 1.54) is 50.6 Å². The standard InChI is InChI=1S/C94H132N22O25S2/c1-11-50(7)76-90(136)99-43-73(124)111-78(53(10)118)93(139)116-34-20-26-68(116)88(134)114-77(51(8)12-2)91(137)107-64(44-117)85(131)105-60(35-54-21-15-13-16-22-54)82(128)109-66(94(140)141)46-143-142-45-65-86(132)106-63(38-57-39-95-47-100-57)84(130)113-75(49(5)6)92(138)115-33-19-25-67(115)87(133)102-59(31-32-69(120)96-40-70(121)97-41-71(122)101-52(9)79(125)108-65)80(126)103-61(37-56-27-29-58(119)30-28-56)81(127)104-62(36-55-23-17-14-18-24-55)83(129)112-74(48(3)4)89(135)98-42-72(123)110-76/h13-18,21-24,27-30,39,47-53,59-68,74-78,117-119H,11-12,19-20,25-26,31-38,40-46H2,1-10H3,(H,95,100)(H,96,120)(H,97,121)(H,98,135)(H,99,136)(H,101,122)(H,102,133)(H,103,126)(H,104,127)(H,105,131)(H,106,132)(H,107,137)(H,108,125)(H,109,128)(H,110,123)(H,111,124)(H,112,129)(H,113,130)(H,114,134)(H,140,141)/t50-,51-,52-,53+,59-,60-,61-,62-,63-,64-,65-,66-,67-,68-,74-,75-,76-,77-,78-/m0/s1. The van der Waals surface area contributed by atoms with E-state index in [1.54, 1.807) is 116 Å². The summed E-state index contributed by atoms with van der Waals surface area (Å²) < 4.78 is 0. The van der Waals surface area contributed by atoms with Crippen LogP contribution >= 0.6 is 21.6 Å². The Morgan fingerprint density at radius 2 is 0.818 bits per heavy atom. The van der Waals surface area contributed by atoms with Crippen molar-refractivity contribution >= 4 is 146 Å². The van der Waals surface area contributed by atoms with Crippen molar-refractivity contribution in [1.29, 1.82) is 0 Å². The third-order valence-electron chi connectivity index (χ3n) is 24.7. The molecule has 0 radical (unpaired) electrons. The van der Waals surface area contributed by atoms with E-state index in [2.05, 4.69) is 106 Å².